The van der Waals surface area contributed by atoms with Gasteiger partial charge in [0, 0.05) is 12.6 Å². The van der Waals surface area contributed by atoms with E-state index in [9.17, 15) is 5.26 Å². The molecule has 1 aromatic carbocycles. The van der Waals surface area contributed by atoms with Gasteiger partial charge < -0.3 is 16.4 Å². The van der Waals surface area contributed by atoms with Crippen molar-refractivity contribution in [1.29, 1.82) is 5.26 Å². The Morgan fingerprint density at radius 1 is 1.09 bits per heavy atom. The van der Waals surface area contributed by atoms with Crippen LogP contribution in [0.25, 0.3) is 5.69 Å². The van der Waals surface area contributed by atoms with Crippen LogP contribution >= 0.6 is 0 Å². The fourth-order valence-corrected chi connectivity index (χ4v) is 5.46. The third-order valence-electron chi connectivity index (χ3n) is 7.74. The van der Waals surface area contributed by atoms with E-state index < -0.39 is 5.82 Å². The Balaban J connectivity index is 1.44. The summed E-state index contributed by atoms with van der Waals surface area (Å²) < 4.78 is 15.1. The van der Waals surface area contributed by atoms with Crippen LogP contribution in [0.4, 0.5) is 21.7 Å². The summed E-state index contributed by atoms with van der Waals surface area (Å²) in [6.07, 6.45) is 10.4. The molecular weight excluding hydrogens is 565 g/mol. The number of anilines is 3. The number of nitriles is 1. The van der Waals surface area contributed by atoms with Crippen LogP contribution in [0.3, 0.4) is 0 Å². The summed E-state index contributed by atoms with van der Waals surface area (Å²) in [5, 5.41) is 24.4. The molecule has 45 heavy (non-hydrogen) atoms. The van der Waals surface area contributed by atoms with Gasteiger partial charge in [0.2, 0.25) is 0 Å². The number of hydrogen-bond donors (Lipinski definition) is 3. The van der Waals surface area contributed by atoms with Crippen molar-refractivity contribution < 1.29 is 4.39 Å². The molecule has 0 spiro atoms. The van der Waals surface area contributed by atoms with E-state index >= 15 is 4.39 Å². The maximum absolute atomic E-state index is 15.1. The average Bonchev–Trinajstić information content (AvgIpc) is 3.55. The Morgan fingerprint density at radius 3 is 2.49 bits per heavy atom. The Hall–Kier alpha value is -4.62. The summed E-state index contributed by atoms with van der Waals surface area (Å²) in [7, 11) is 0. The van der Waals surface area contributed by atoms with Crippen molar-refractivity contribution >= 4 is 17.3 Å². The summed E-state index contributed by atoms with van der Waals surface area (Å²) >= 11 is 0. The lowest BCUT2D eigenvalue weighted by Crippen LogP contribution is -2.30. The summed E-state index contributed by atoms with van der Waals surface area (Å²) in [5.41, 5.74) is 10.9. The number of pyridine rings is 2. The third kappa shape index (κ3) is 9.68. The zero-order valence-corrected chi connectivity index (χ0v) is 26.7. The van der Waals surface area contributed by atoms with Crippen LogP contribution in [0.1, 0.15) is 69.7 Å². The molecule has 0 aliphatic carbocycles. The molecule has 1 unspecified atom stereocenters. The maximum atomic E-state index is 15.1. The van der Waals surface area contributed by atoms with Crippen LogP contribution in [0.15, 0.2) is 73.2 Å². The normalized spacial score (nSPS) is 12.7. The molecule has 3 heterocycles. The van der Waals surface area contributed by atoms with Crippen LogP contribution < -0.4 is 16.4 Å². The first-order valence-electron chi connectivity index (χ1n) is 15.5. The number of nitrogens with zero attached hydrogens (tertiary/aromatic N) is 6. The van der Waals surface area contributed by atoms with E-state index in [1.807, 2.05) is 19.1 Å². The fraction of sp³-hybridized carbons (Fsp3) is 0.400. The number of nitrogens with one attached hydrogen (secondary N) is 2. The highest BCUT2D eigenvalue weighted by molar-refractivity contribution is 5.66. The number of halogens is 1. The highest BCUT2D eigenvalue weighted by Crippen LogP contribution is 2.33. The minimum atomic E-state index is -0.613. The van der Waals surface area contributed by atoms with Crippen molar-refractivity contribution in [1.82, 2.24) is 25.0 Å². The molecule has 0 bridgehead atoms. The lowest BCUT2D eigenvalue weighted by molar-refractivity contribution is 0.369. The molecule has 236 valence electrons. The number of benzene rings is 1. The molecule has 9 nitrogen and oxygen atoms in total. The summed E-state index contributed by atoms with van der Waals surface area (Å²) in [6, 6.07) is 15.4. The van der Waals surface area contributed by atoms with Crippen LogP contribution in [0.5, 0.6) is 0 Å². The van der Waals surface area contributed by atoms with Crippen LogP contribution in [0, 0.1) is 35.4 Å². The second-order valence-electron chi connectivity index (χ2n) is 12.7. The maximum Gasteiger partial charge on any atom is 0.166 e. The molecule has 2 atom stereocenters. The topological polar surface area (TPSA) is 130 Å². The zero-order chi connectivity index (χ0) is 32.4. The molecule has 0 fully saturated rings. The molecule has 3 aromatic heterocycles. The number of rotatable bonds is 15. The molecule has 4 rings (SSSR count). The van der Waals surface area contributed by atoms with Gasteiger partial charge in [0.15, 0.2) is 17.5 Å². The molecule has 4 N–H and O–H groups in total. The quantitative estimate of drug-likeness (QED) is 0.120. The van der Waals surface area contributed by atoms with E-state index in [0.29, 0.717) is 23.8 Å². The SMILES string of the molecule is C=C(CC(C)(C)C)[C@@H](CCCC(CN)Nc1nc(Nc2cnc(C)c(-n3nccn3)c2)c(C#N)cc1F)CCc1ccccc1. The van der Waals surface area contributed by atoms with Crippen molar-refractivity contribution in [2.24, 2.45) is 17.1 Å². The van der Waals surface area contributed by atoms with Gasteiger partial charge in [0.1, 0.15) is 11.8 Å². The van der Waals surface area contributed by atoms with E-state index in [2.05, 4.69) is 82.4 Å². The predicted octanol–water partition coefficient (Wildman–Crippen LogP) is 7.27. The van der Waals surface area contributed by atoms with Gasteiger partial charge in [-0.15, -0.1) is 4.80 Å². The van der Waals surface area contributed by atoms with E-state index in [4.69, 9.17) is 5.73 Å². The summed E-state index contributed by atoms with van der Waals surface area (Å²) in [6.45, 7) is 13.4. The van der Waals surface area contributed by atoms with Gasteiger partial charge in [0.05, 0.1) is 35.5 Å². The second-order valence-corrected chi connectivity index (χ2v) is 12.7. The van der Waals surface area contributed by atoms with E-state index in [-0.39, 0.29) is 28.7 Å². The first-order chi connectivity index (χ1) is 21.6. The van der Waals surface area contributed by atoms with Gasteiger partial charge >= 0.3 is 0 Å². The van der Waals surface area contributed by atoms with Crippen molar-refractivity contribution in [3.63, 3.8) is 0 Å². The van der Waals surface area contributed by atoms with Gasteiger partial charge in [-0.3, -0.25) is 4.98 Å². The average molecular weight is 610 g/mol. The van der Waals surface area contributed by atoms with Gasteiger partial charge in [-0.1, -0.05) is 69.7 Å². The Kier molecular flexibility index (Phi) is 11.4. The summed E-state index contributed by atoms with van der Waals surface area (Å²) in [4.78, 5) is 10.3. The third-order valence-corrected chi connectivity index (χ3v) is 7.74. The Bertz CT molecular complexity index is 1590. The first-order valence-corrected chi connectivity index (χ1v) is 15.5. The molecule has 4 aromatic rings. The lowest BCUT2D eigenvalue weighted by atomic mass is 9.79. The van der Waals surface area contributed by atoms with Gasteiger partial charge in [0.25, 0.3) is 0 Å². The lowest BCUT2D eigenvalue weighted by Gasteiger charge is -2.27. The highest BCUT2D eigenvalue weighted by Gasteiger charge is 2.21. The van der Waals surface area contributed by atoms with Crippen molar-refractivity contribution in [3.8, 4) is 11.8 Å². The smallest absolute Gasteiger partial charge is 0.166 e. The van der Waals surface area contributed by atoms with Gasteiger partial charge in [-0.2, -0.15) is 15.5 Å². The van der Waals surface area contributed by atoms with Crippen LogP contribution in [0.2, 0.25) is 0 Å². The Morgan fingerprint density at radius 2 is 1.82 bits per heavy atom. The van der Waals surface area contributed by atoms with E-state index in [1.54, 1.807) is 24.7 Å². The summed E-state index contributed by atoms with van der Waals surface area (Å²) in [5.74, 6) is 0.0205. The second kappa shape index (κ2) is 15.4. The molecule has 0 radical (unpaired) electrons. The van der Waals surface area contributed by atoms with E-state index in [0.717, 1.165) is 44.2 Å². The van der Waals surface area contributed by atoms with Gasteiger partial charge in [-0.25, -0.2) is 9.37 Å². The Labute approximate surface area is 265 Å². The minimum absolute atomic E-state index is 0.0405. The minimum Gasteiger partial charge on any atom is -0.364 e. The van der Waals surface area contributed by atoms with Crippen LogP contribution in [-0.2, 0) is 6.42 Å². The van der Waals surface area contributed by atoms with Crippen molar-refractivity contribution in [3.05, 3.63) is 95.8 Å². The molecule has 0 amide bonds. The molecule has 0 saturated carbocycles. The zero-order valence-electron chi connectivity index (χ0n) is 26.7. The monoisotopic (exact) mass is 609 g/mol. The standard InChI is InChI=1S/C35H44FN9/c1-24(20-35(3,4)5)27(15-14-26-10-7-6-8-11-26)12-9-13-29(22-38)42-34-31(36)18-28(21-37)33(44-34)43-30-19-32(25(2)39-23-30)45-40-16-17-41-45/h6-8,10-11,16-19,23,27,29H,1,9,12-15,20,22,38H2,2-5H3,(H2,42,43,44)/t27-,29?/m0/s1. The van der Waals surface area contributed by atoms with Crippen LogP contribution in [-0.4, -0.2) is 37.5 Å². The number of hydrogen-bond acceptors (Lipinski definition) is 8. The largest absolute Gasteiger partial charge is 0.364 e. The first kappa shape index (κ1) is 33.3. The number of aryl methyl sites for hydroxylation is 2. The van der Waals surface area contributed by atoms with Crippen molar-refractivity contribution in [2.75, 3.05) is 17.2 Å². The molecule has 0 saturated heterocycles. The number of nitrogens with two attached hydrogens (primary N) is 1. The molecule has 10 heteroatoms. The predicted molar refractivity (Wildman–Crippen MR) is 178 cm³/mol. The highest BCUT2D eigenvalue weighted by atomic mass is 19.1. The van der Waals surface area contributed by atoms with Gasteiger partial charge in [-0.05, 0) is 68.1 Å². The fourth-order valence-electron chi connectivity index (χ4n) is 5.46. The number of aromatic nitrogens is 5. The van der Waals surface area contributed by atoms with E-state index in [1.165, 1.54) is 22.0 Å². The van der Waals surface area contributed by atoms with Crippen molar-refractivity contribution in [2.45, 2.75) is 72.3 Å². The number of allylic oxidation sites excluding steroid dienone is 1. The molecular formula is C35H44FN9. The molecule has 0 aliphatic rings. The molecule has 0 aliphatic heterocycles.